The van der Waals surface area contributed by atoms with Crippen LogP contribution < -0.4 is 10.1 Å². The molecule has 0 radical (unpaired) electrons. The van der Waals surface area contributed by atoms with Gasteiger partial charge in [0.1, 0.15) is 5.76 Å². The number of aromatic nitrogens is 1. The van der Waals surface area contributed by atoms with E-state index in [-0.39, 0.29) is 11.6 Å². The van der Waals surface area contributed by atoms with Crippen molar-refractivity contribution in [2.45, 2.75) is 26.9 Å². The van der Waals surface area contributed by atoms with Gasteiger partial charge in [-0.1, -0.05) is 12.1 Å². The molecule has 0 fully saturated rings. The molecule has 0 saturated heterocycles. The van der Waals surface area contributed by atoms with E-state index in [0.29, 0.717) is 24.5 Å². The first-order chi connectivity index (χ1) is 9.11. The molecular weight excluding hydrogens is 247 g/mol. The summed E-state index contributed by atoms with van der Waals surface area (Å²) in [5.41, 5.74) is 1.43. The maximum absolute atomic E-state index is 13.9. The van der Waals surface area contributed by atoms with E-state index in [1.165, 1.54) is 7.11 Å². The Labute approximate surface area is 111 Å². The van der Waals surface area contributed by atoms with E-state index in [1.54, 1.807) is 18.2 Å². The number of nitrogens with zero attached hydrogens (tertiary/aromatic N) is 1. The number of ether oxygens (including phenoxy) is 1. The van der Waals surface area contributed by atoms with E-state index in [0.717, 1.165) is 11.5 Å². The predicted molar refractivity (Wildman–Crippen MR) is 69.5 cm³/mol. The fourth-order valence-corrected chi connectivity index (χ4v) is 1.77. The van der Waals surface area contributed by atoms with Crippen molar-refractivity contribution in [1.29, 1.82) is 0 Å². The SMILES string of the molecule is COc1cccc(CNCc2nc(C)c(C)o2)c1F. The van der Waals surface area contributed by atoms with Crippen molar-refractivity contribution in [3.8, 4) is 5.75 Å². The van der Waals surface area contributed by atoms with Crippen molar-refractivity contribution in [1.82, 2.24) is 10.3 Å². The summed E-state index contributed by atoms with van der Waals surface area (Å²) in [4.78, 5) is 4.25. The molecular formula is C14H17FN2O2. The summed E-state index contributed by atoms with van der Waals surface area (Å²) in [5.74, 6) is 1.34. The van der Waals surface area contributed by atoms with Crippen LogP contribution in [0.2, 0.25) is 0 Å². The van der Waals surface area contributed by atoms with Gasteiger partial charge >= 0.3 is 0 Å². The van der Waals surface area contributed by atoms with Gasteiger partial charge in [0, 0.05) is 12.1 Å². The molecule has 19 heavy (non-hydrogen) atoms. The molecule has 0 unspecified atom stereocenters. The van der Waals surface area contributed by atoms with Gasteiger partial charge in [0.25, 0.3) is 0 Å². The number of methoxy groups -OCH3 is 1. The quantitative estimate of drug-likeness (QED) is 0.902. The first-order valence-corrected chi connectivity index (χ1v) is 6.07. The lowest BCUT2D eigenvalue weighted by molar-refractivity contribution is 0.382. The molecule has 0 amide bonds. The molecule has 0 atom stereocenters. The van der Waals surface area contributed by atoms with E-state index in [9.17, 15) is 4.39 Å². The van der Waals surface area contributed by atoms with Crippen molar-refractivity contribution in [3.05, 3.63) is 46.9 Å². The van der Waals surface area contributed by atoms with E-state index in [2.05, 4.69) is 10.3 Å². The van der Waals surface area contributed by atoms with Crippen LogP contribution >= 0.6 is 0 Å². The maximum Gasteiger partial charge on any atom is 0.208 e. The highest BCUT2D eigenvalue weighted by molar-refractivity contribution is 5.30. The van der Waals surface area contributed by atoms with Crippen molar-refractivity contribution >= 4 is 0 Å². The number of nitrogens with one attached hydrogen (secondary N) is 1. The molecule has 4 nitrogen and oxygen atoms in total. The third kappa shape index (κ3) is 3.12. The smallest absolute Gasteiger partial charge is 0.208 e. The second-order valence-corrected chi connectivity index (χ2v) is 4.29. The summed E-state index contributed by atoms with van der Waals surface area (Å²) in [6.45, 7) is 4.62. The van der Waals surface area contributed by atoms with Crippen LogP contribution in [0, 0.1) is 19.7 Å². The van der Waals surface area contributed by atoms with Gasteiger partial charge in [-0.25, -0.2) is 9.37 Å². The van der Waals surface area contributed by atoms with Gasteiger partial charge < -0.3 is 14.5 Å². The lowest BCUT2D eigenvalue weighted by Gasteiger charge is -2.07. The Morgan fingerprint density at radius 2 is 2.11 bits per heavy atom. The molecule has 0 saturated carbocycles. The second kappa shape index (κ2) is 5.84. The van der Waals surface area contributed by atoms with Crippen molar-refractivity contribution in [3.63, 3.8) is 0 Å². The zero-order valence-electron chi connectivity index (χ0n) is 11.3. The highest BCUT2D eigenvalue weighted by atomic mass is 19.1. The fraction of sp³-hybridized carbons (Fsp3) is 0.357. The molecule has 0 spiro atoms. The summed E-state index contributed by atoms with van der Waals surface area (Å²) >= 11 is 0. The van der Waals surface area contributed by atoms with Crippen LogP contribution in [0.5, 0.6) is 5.75 Å². The Balaban J connectivity index is 1.96. The Kier molecular flexibility index (Phi) is 4.16. The second-order valence-electron chi connectivity index (χ2n) is 4.29. The van der Waals surface area contributed by atoms with Crippen LogP contribution in [-0.2, 0) is 13.1 Å². The van der Waals surface area contributed by atoms with Crippen LogP contribution in [-0.4, -0.2) is 12.1 Å². The minimum atomic E-state index is -0.336. The molecule has 5 heteroatoms. The molecule has 0 aliphatic heterocycles. The van der Waals surface area contributed by atoms with Crippen molar-refractivity contribution < 1.29 is 13.5 Å². The van der Waals surface area contributed by atoms with Gasteiger partial charge in [0.05, 0.1) is 19.3 Å². The van der Waals surface area contributed by atoms with Gasteiger partial charge in [-0.15, -0.1) is 0 Å². The minimum Gasteiger partial charge on any atom is -0.494 e. The summed E-state index contributed by atoms with van der Waals surface area (Å²) < 4.78 is 24.2. The van der Waals surface area contributed by atoms with Crippen molar-refractivity contribution in [2.24, 2.45) is 0 Å². The topological polar surface area (TPSA) is 47.3 Å². The van der Waals surface area contributed by atoms with Crippen molar-refractivity contribution in [2.75, 3.05) is 7.11 Å². The number of oxazole rings is 1. The summed E-state index contributed by atoms with van der Waals surface area (Å²) in [6.07, 6.45) is 0. The van der Waals surface area contributed by atoms with E-state index in [4.69, 9.17) is 9.15 Å². The summed E-state index contributed by atoms with van der Waals surface area (Å²) in [7, 11) is 1.45. The highest BCUT2D eigenvalue weighted by Gasteiger charge is 2.09. The first kappa shape index (κ1) is 13.5. The number of rotatable bonds is 5. The lowest BCUT2D eigenvalue weighted by atomic mass is 10.2. The van der Waals surface area contributed by atoms with E-state index in [1.807, 2.05) is 13.8 Å². The predicted octanol–water partition coefficient (Wildman–Crippen LogP) is 2.73. The first-order valence-electron chi connectivity index (χ1n) is 6.07. The number of hydrogen-bond donors (Lipinski definition) is 1. The Bertz CT molecular complexity index is 547. The van der Waals surface area contributed by atoms with Crippen LogP contribution in [0.1, 0.15) is 22.9 Å². The maximum atomic E-state index is 13.9. The largest absolute Gasteiger partial charge is 0.494 e. The molecule has 2 aromatic rings. The molecule has 1 aromatic carbocycles. The van der Waals surface area contributed by atoms with E-state index < -0.39 is 0 Å². The van der Waals surface area contributed by atoms with Gasteiger partial charge in [-0.2, -0.15) is 0 Å². The Morgan fingerprint density at radius 1 is 1.32 bits per heavy atom. The zero-order chi connectivity index (χ0) is 13.8. The molecule has 1 N–H and O–H groups in total. The monoisotopic (exact) mass is 264 g/mol. The molecule has 1 aromatic heterocycles. The van der Waals surface area contributed by atoms with Crippen LogP contribution in [0.25, 0.3) is 0 Å². The normalized spacial score (nSPS) is 10.7. The number of hydrogen-bond acceptors (Lipinski definition) is 4. The third-order valence-electron chi connectivity index (χ3n) is 2.93. The number of benzene rings is 1. The lowest BCUT2D eigenvalue weighted by Crippen LogP contribution is -2.14. The highest BCUT2D eigenvalue weighted by Crippen LogP contribution is 2.19. The Morgan fingerprint density at radius 3 is 2.74 bits per heavy atom. The van der Waals surface area contributed by atoms with Gasteiger partial charge in [-0.3, -0.25) is 0 Å². The van der Waals surface area contributed by atoms with Gasteiger partial charge in [-0.05, 0) is 19.9 Å². The minimum absolute atomic E-state index is 0.252. The van der Waals surface area contributed by atoms with Crippen LogP contribution in [0.3, 0.4) is 0 Å². The number of halogens is 1. The van der Waals surface area contributed by atoms with Gasteiger partial charge in [0.15, 0.2) is 11.6 Å². The molecule has 2 rings (SSSR count). The molecule has 0 aliphatic carbocycles. The molecule has 1 heterocycles. The summed E-state index contributed by atoms with van der Waals surface area (Å²) in [5, 5.41) is 3.10. The fourth-order valence-electron chi connectivity index (χ4n) is 1.77. The average molecular weight is 264 g/mol. The average Bonchev–Trinajstić information content (AvgIpc) is 2.71. The number of aryl methyl sites for hydroxylation is 2. The summed E-state index contributed by atoms with van der Waals surface area (Å²) in [6, 6.07) is 5.08. The van der Waals surface area contributed by atoms with Crippen LogP contribution in [0.4, 0.5) is 4.39 Å². The Hall–Kier alpha value is -1.88. The molecule has 102 valence electrons. The third-order valence-corrected chi connectivity index (χ3v) is 2.93. The standard InChI is InChI=1S/C14H17FN2O2/c1-9-10(2)19-13(17-9)8-16-7-11-5-4-6-12(18-3)14(11)15/h4-6,16H,7-8H2,1-3H3. The molecule has 0 aliphatic rings. The van der Waals surface area contributed by atoms with Crippen LogP contribution in [0.15, 0.2) is 22.6 Å². The van der Waals surface area contributed by atoms with Gasteiger partial charge in [0.2, 0.25) is 5.89 Å². The zero-order valence-corrected chi connectivity index (χ0v) is 11.3. The van der Waals surface area contributed by atoms with E-state index >= 15 is 0 Å². The molecule has 0 bridgehead atoms.